The Morgan fingerprint density at radius 2 is 1.77 bits per heavy atom. The fourth-order valence-corrected chi connectivity index (χ4v) is 2.71. The lowest BCUT2D eigenvalue weighted by molar-refractivity contribution is 0.246. The molecule has 1 atom stereocenters. The van der Waals surface area contributed by atoms with Gasteiger partial charge in [-0.25, -0.2) is 9.79 Å². The summed E-state index contributed by atoms with van der Waals surface area (Å²) in [6, 6.07) is 14.7. The van der Waals surface area contributed by atoms with Crippen LogP contribution < -0.4 is 20.5 Å². The SMILES string of the molecule is COc1ccc(OC2=NC=C(c3ccc(C(C)NC(N)=O)cc3)C2)cc1. The molecular weight excluding hydrogens is 330 g/mol. The van der Waals surface area contributed by atoms with Crippen LogP contribution in [0.15, 0.2) is 59.7 Å². The number of carbonyl (C=O) groups is 1. The standard InChI is InChI=1S/C20H21N3O3/c1-13(23-20(21)24)14-3-5-15(6-4-14)16-11-19(22-12-16)26-18-9-7-17(25-2)8-10-18/h3-10,12-13H,11H2,1-2H3,(H3,21,23,24). The van der Waals surface area contributed by atoms with Crippen LogP contribution in [0.4, 0.5) is 4.79 Å². The Morgan fingerprint density at radius 1 is 1.12 bits per heavy atom. The van der Waals surface area contributed by atoms with Crippen LogP contribution in [0.1, 0.15) is 30.5 Å². The maximum absolute atomic E-state index is 10.9. The first-order valence-corrected chi connectivity index (χ1v) is 8.29. The quantitative estimate of drug-likeness (QED) is 0.862. The van der Waals surface area contributed by atoms with E-state index in [0.29, 0.717) is 12.3 Å². The van der Waals surface area contributed by atoms with E-state index in [9.17, 15) is 4.79 Å². The smallest absolute Gasteiger partial charge is 0.312 e. The van der Waals surface area contributed by atoms with E-state index in [1.807, 2.05) is 61.7 Å². The minimum atomic E-state index is -0.534. The molecule has 1 unspecified atom stereocenters. The molecule has 2 aromatic carbocycles. The van der Waals surface area contributed by atoms with Crippen molar-refractivity contribution < 1.29 is 14.3 Å². The zero-order valence-corrected chi connectivity index (χ0v) is 14.7. The van der Waals surface area contributed by atoms with Crippen LogP contribution in [0.3, 0.4) is 0 Å². The molecule has 0 saturated heterocycles. The van der Waals surface area contributed by atoms with Gasteiger partial charge in [-0.3, -0.25) is 0 Å². The first-order valence-electron chi connectivity index (χ1n) is 8.29. The van der Waals surface area contributed by atoms with Gasteiger partial charge in [0.1, 0.15) is 11.5 Å². The van der Waals surface area contributed by atoms with Gasteiger partial charge >= 0.3 is 6.03 Å². The lowest BCUT2D eigenvalue weighted by Gasteiger charge is -2.13. The topological polar surface area (TPSA) is 85.9 Å². The molecule has 0 bridgehead atoms. The van der Waals surface area contributed by atoms with Crippen LogP contribution >= 0.6 is 0 Å². The Bertz CT molecular complexity index is 840. The predicted octanol–water partition coefficient (Wildman–Crippen LogP) is 3.65. The largest absolute Gasteiger partial charge is 0.497 e. The number of urea groups is 1. The highest BCUT2D eigenvalue weighted by Crippen LogP contribution is 2.27. The maximum atomic E-state index is 10.9. The number of amides is 2. The number of hydrogen-bond acceptors (Lipinski definition) is 4. The van der Waals surface area contributed by atoms with E-state index in [1.165, 1.54) is 0 Å². The molecule has 134 valence electrons. The van der Waals surface area contributed by atoms with Crippen LogP contribution in [-0.2, 0) is 0 Å². The molecule has 3 rings (SSSR count). The third kappa shape index (κ3) is 4.22. The van der Waals surface area contributed by atoms with Crippen LogP contribution in [-0.4, -0.2) is 19.0 Å². The van der Waals surface area contributed by atoms with Gasteiger partial charge in [-0.1, -0.05) is 24.3 Å². The van der Waals surface area contributed by atoms with Gasteiger partial charge in [0.15, 0.2) is 5.90 Å². The summed E-state index contributed by atoms with van der Waals surface area (Å²) in [5, 5.41) is 2.66. The van der Waals surface area contributed by atoms with Gasteiger partial charge in [0.25, 0.3) is 0 Å². The molecule has 0 aliphatic carbocycles. The van der Waals surface area contributed by atoms with Crippen molar-refractivity contribution in [2.45, 2.75) is 19.4 Å². The molecule has 1 heterocycles. The molecule has 0 radical (unpaired) electrons. The number of nitrogens with zero attached hydrogens (tertiary/aromatic N) is 1. The Balaban J connectivity index is 1.59. The molecule has 0 saturated carbocycles. The summed E-state index contributed by atoms with van der Waals surface area (Å²) in [6.45, 7) is 1.89. The van der Waals surface area contributed by atoms with Gasteiger partial charge in [0, 0.05) is 6.20 Å². The molecule has 3 N–H and O–H groups in total. The maximum Gasteiger partial charge on any atom is 0.312 e. The van der Waals surface area contributed by atoms with Gasteiger partial charge in [0.05, 0.1) is 19.6 Å². The fourth-order valence-electron chi connectivity index (χ4n) is 2.71. The summed E-state index contributed by atoms with van der Waals surface area (Å²) in [7, 11) is 1.63. The molecule has 6 heteroatoms. The van der Waals surface area contributed by atoms with Crippen molar-refractivity contribution in [1.82, 2.24) is 5.32 Å². The average Bonchev–Trinajstić information content (AvgIpc) is 3.10. The zero-order chi connectivity index (χ0) is 18.5. The van der Waals surface area contributed by atoms with Crippen LogP contribution in [0, 0.1) is 0 Å². The van der Waals surface area contributed by atoms with E-state index in [2.05, 4.69) is 10.3 Å². The van der Waals surface area contributed by atoms with Gasteiger partial charge in [0.2, 0.25) is 0 Å². The van der Waals surface area contributed by atoms with E-state index < -0.39 is 6.03 Å². The van der Waals surface area contributed by atoms with E-state index in [-0.39, 0.29) is 6.04 Å². The van der Waals surface area contributed by atoms with Crippen molar-refractivity contribution in [3.8, 4) is 11.5 Å². The van der Waals surface area contributed by atoms with Crippen LogP contribution in [0.25, 0.3) is 5.57 Å². The number of ether oxygens (including phenoxy) is 2. The summed E-state index contributed by atoms with van der Waals surface area (Å²) >= 11 is 0. The summed E-state index contributed by atoms with van der Waals surface area (Å²) in [5.74, 6) is 2.16. The molecular formula is C20H21N3O3. The second kappa shape index (κ2) is 7.74. The third-order valence-electron chi connectivity index (χ3n) is 4.14. The van der Waals surface area contributed by atoms with E-state index in [1.54, 1.807) is 7.11 Å². The Hall–Kier alpha value is -3.28. The monoisotopic (exact) mass is 351 g/mol. The number of carbonyl (C=O) groups excluding carboxylic acids is 1. The second-order valence-corrected chi connectivity index (χ2v) is 5.98. The summed E-state index contributed by atoms with van der Waals surface area (Å²) in [5.41, 5.74) is 8.29. The Morgan fingerprint density at radius 3 is 2.38 bits per heavy atom. The number of rotatable bonds is 5. The zero-order valence-electron chi connectivity index (χ0n) is 14.7. The molecule has 6 nitrogen and oxygen atoms in total. The summed E-state index contributed by atoms with van der Waals surface area (Å²) in [4.78, 5) is 15.3. The van der Waals surface area contributed by atoms with Gasteiger partial charge in [-0.15, -0.1) is 0 Å². The first kappa shape index (κ1) is 17.5. The molecule has 2 amide bonds. The highest BCUT2D eigenvalue weighted by Gasteiger charge is 2.15. The van der Waals surface area contributed by atoms with E-state index in [0.717, 1.165) is 28.2 Å². The lowest BCUT2D eigenvalue weighted by atomic mass is 10.0. The van der Waals surface area contributed by atoms with Gasteiger partial charge < -0.3 is 20.5 Å². The van der Waals surface area contributed by atoms with Crippen LogP contribution in [0.2, 0.25) is 0 Å². The highest BCUT2D eigenvalue weighted by molar-refractivity contribution is 5.94. The number of nitrogens with one attached hydrogen (secondary N) is 1. The minimum absolute atomic E-state index is 0.135. The third-order valence-corrected chi connectivity index (χ3v) is 4.14. The normalized spacial score (nSPS) is 14.2. The minimum Gasteiger partial charge on any atom is -0.497 e. The highest BCUT2D eigenvalue weighted by atomic mass is 16.5. The van der Waals surface area contributed by atoms with Crippen molar-refractivity contribution >= 4 is 17.5 Å². The van der Waals surface area contributed by atoms with E-state index >= 15 is 0 Å². The van der Waals surface area contributed by atoms with Crippen molar-refractivity contribution in [1.29, 1.82) is 0 Å². The van der Waals surface area contributed by atoms with Crippen molar-refractivity contribution in [2.75, 3.05) is 7.11 Å². The Kier molecular flexibility index (Phi) is 5.22. The molecule has 0 spiro atoms. The number of methoxy groups -OCH3 is 1. The molecule has 1 aliphatic rings. The average molecular weight is 351 g/mol. The number of aliphatic imine (C=N–C) groups is 1. The fraction of sp³-hybridized carbons (Fsp3) is 0.200. The molecule has 2 aromatic rings. The molecule has 0 aromatic heterocycles. The number of primary amides is 1. The number of nitrogens with two attached hydrogens (primary N) is 1. The van der Waals surface area contributed by atoms with Crippen LogP contribution in [0.5, 0.6) is 11.5 Å². The number of hydrogen-bond donors (Lipinski definition) is 2. The summed E-state index contributed by atoms with van der Waals surface area (Å²) < 4.78 is 10.9. The Labute approximate surface area is 152 Å². The molecule has 1 aliphatic heterocycles. The van der Waals surface area contributed by atoms with Crippen molar-refractivity contribution in [3.63, 3.8) is 0 Å². The second-order valence-electron chi connectivity index (χ2n) is 5.98. The van der Waals surface area contributed by atoms with Gasteiger partial charge in [-0.2, -0.15) is 0 Å². The molecule has 26 heavy (non-hydrogen) atoms. The number of benzene rings is 2. The first-order chi connectivity index (χ1) is 12.5. The van der Waals surface area contributed by atoms with Crippen molar-refractivity contribution in [2.24, 2.45) is 10.7 Å². The lowest BCUT2D eigenvalue weighted by Crippen LogP contribution is -2.31. The predicted molar refractivity (Wildman–Crippen MR) is 101 cm³/mol. The molecule has 0 fully saturated rings. The van der Waals surface area contributed by atoms with Crippen molar-refractivity contribution in [3.05, 3.63) is 65.9 Å². The van der Waals surface area contributed by atoms with Gasteiger partial charge in [-0.05, 0) is 47.9 Å². The van der Waals surface area contributed by atoms with E-state index in [4.69, 9.17) is 15.2 Å². The summed E-state index contributed by atoms with van der Waals surface area (Å²) in [6.07, 6.45) is 2.44.